The van der Waals surface area contributed by atoms with Crippen molar-refractivity contribution in [2.45, 2.75) is 51.4 Å². The Hall–Kier alpha value is -2.21. The third-order valence-corrected chi connectivity index (χ3v) is 5.44. The van der Waals surface area contributed by atoms with Gasteiger partial charge in [0.05, 0.1) is 5.56 Å². The summed E-state index contributed by atoms with van der Waals surface area (Å²) >= 11 is 0. The number of halogens is 2. The first-order valence-electron chi connectivity index (χ1n) is 9.12. The van der Waals surface area contributed by atoms with Crippen molar-refractivity contribution in [3.63, 3.8) is 0 Å². The first-order valence-corrected chi connectivity index (χ1v) is 9.12. The summed E-state index contributed by atoms with van der Waals surface area (Å²) in [4.78, 5) is 0. The Morgan fingerprint density at radius 1 is 0.960 bits per heavy atom. The van der Waals surface area contributed by atoms with Crippen molar-refractivity contribution in [1.29, 1.82) is 5.26 Å². The summed E-state index contributed by atoms with van der Waals surface area (Å²) in [5.41, 5.74) is 1.87. The van der Waals surface area contributed by atoms with Crippen molar-refractivity contribution in [3.05, 3.63) is 59.2 Å². The minimum atomic E-state index is -1.07. The average Bonchev–Trinajstić information content (AvgIpc) is 2.65. The van der Waals surface area contributed by atoms with Gasteiger partial charge in [-0.25, -0.2) is 8.78 Å². The van der Waals surface area contributed by atoms with Crippen molar-refractivity contribution < 1.29 is 8.78 Å². The van der Waals surface area contributed by atoms with Crippen LogP contribution in [0.1, 0.15) is 62.5 Å². The molecule has 0 amide bonds. The minimum absolute atomic E-state index is 0.203. The molecule has 2 aromatic carbocycles. The number of benzene rings is 2. The van der Waals surface area contributed by atoms with Gasteiger partial charge in [-0.15, -0.1) is 0 Å². The average molecular weight is 339 g/mol. The van der Waals surface area contributed by atoms with E-state index < -0.39 is 11.6 Å². The molecule has 1 aliphatic rings. The van der Waals surface area contributed by atoms with Crippen LogP contribution in [0.15, 0.2) is 36.4 Å². The Morgan fingerprint density at radius 3 is 2.24 bits per heavy atom. The van der Waals surface area contributed by atoms with Crippen LogP contribution < -0.4 is 0 Å². The molecular weight excluding hydrogens is 316 g/mol. The Balaban J connectivity index is 1.75. The van der Waals surface area contributed by atoms with E-state index in [2.05, 4.69) is 6.92 Å². The maximum Gasteiger partial charge on any atom is 0.177 e. The minimum Gasteiger partial charge on any atom is -0.203 e. The first-order chi connectivity index (χ1) is 12.1. The lowest BCUT2D eigenvalue weighted by Gasteiger charge is -2.28. The van der Waals surface area contributed by atoms with Gasteiger partial charge < -0.3 is 0 Å². The molecule has 0 heterocycles. The molecule has 1 nitrogen and oxygen atoms in total. The fraction of sp³-hybridized carbons (Fsp3) is 0.409. The topological polar surface area (TPSA) is 23.8 Å². The largest absolute Gasteiger partial charge is 0.203 e. The first kappa shape index (κ1) is 17.6. The summed E-state index contributed by atoms with van der Waals surface area (Å²) in [5, 5.41) is 8.78. The summed E-state index contributed by atoms with van der Waals surface area (Å²) in [5.74, 6) is -0.578. The highest BCUT2D eigenvalue weighted by molar-refractivity contribution is 5.65. The number of nitriles is 1. The van der Waals surface area contributed by atoms with E-state index in [-0.39, 0.29) is 11.1 Å². The third kappa shape index (κ3) is 3.74. The Kier molecular flexibility index (Phi) is 5.48. The van der Waals surface area contributed by atoms with E-state index in [1.54, 1.807) is 6.07 Å². The molecule has 0 radical (unpaired) electrons. The lowest BCUT2D eigenvalue weighted by Crippen LogP contribution is -2.13. The van der Waals surface area contributed by atoms with Gasteiger partial charge >= 0.3 is 0 Å². The molecule has 0 N–H and O–H groups in total. The fourth-order valence-electron chi connectivity index (χ4n) is 3.99. The molecule has 2 aromatic rings. The molecule has 0 aromatic heterocycles. The summed E-state index contributed by atoms with van der Waals surface area (Å²) in [7, 11) is 0. The predicted octanol–water partition coefficient (Wildman–Crippen LogP) is 6.58. The molecule has 0 aliphatic heterocycles. The van der Waals surface area contributed by atoms with Crippen molar-refractivity contribution in [2.24, 2.45) is 5.92 Å². The molecule has 3 rings (SSSR count). The SMILES string of the molecule is CCC[C@H]1CC[C@H](c2ccc(-c3ccc(C#N)c(F)c3F)cc2)CC1. The lowest BCUT2D eigenvalue weighted by molar-refractivity contribution is 0.308. The molecule has 0 saturated heterocycles. The molecule has 3 heteroatoms. The van der Waals surface area contributed by atoms with Crippen LogP contribution in [-0.2, 0) is 0 Å². The van der Waals surface area contributed by atoms with Crippen LogP contribution in [0, 0.1) is 28.9 Å². The van der Waals surface area contributed by atoms with Crippen LogP contribution in [-0.4, -0.2) is 0 Å². The van der Waals surface area contributed by atoms with Crippen molar-refractivity contribution in [2.75, 3.05) is 0 Å². The van der Waals surface area contributed by atoms with Crippen LogP contribution >= 0.6 is 0 Å². The van der Waals surface area contributed by atoms with E-state index >= 15 is 0 Å². The smallest absolute Gasteiger partial charge is 0.177 e. The van der Waals surface area contributed by atoms with Gasteiger partial charge in [-0.05, 0) is 60.8 Å². The molecule has 1 saturated carbocycles. The molecular formula is C22H23F2N. The Labute approximate surface area is 148 Å². The lowest BCUT2D eigenvalue weighted by atomic mass is 9.77. The molecule has 0 unspecified atom stereocenters. The highest BCUT2D eigenvalue weighted by Crippen LogP contribution is 2.38. The second-order valence-electron chi connectivity index (χ2n) is 7.03. The van der Waals surface area contributed by atoms with E-state index in [4.69, 9.17) is 5.26 Å². The second-order valence-corrected chi connectivity index (χ2v) is 7.03. The van der Waals surface area contributed by atoms with Gasteiger partial charge in [0.1, 0.15) is 6.07 Å². The molecule has 0 bridgehead atoms. The van der Waals surface area contributed by atoms with Gasteiger partial charge in [0.2, 0.25) is 0 Å². The van der Waals surface area contributed by atoms with E-state index in [1.807, 2.05) is 24.3 Å². The van der Waals surface area contributed by atoms with Crippen molar-refractivity contribution in [1.82, 2.24) is 0 Å². The monoisotopic (exact) mass is 339 g/mol. The maximum atomic E-state index is 14.2. The van der Waals surface area contributed by atoms with Crippen LogP contribution in [0.5, 0.6) is 0 Å². The zero-order valence-electron chi connectivity index (χ0n) is 14.6. The molecule has 25 heavy (non-hydrogen) atoms. The number of rotatable bonds is 4. The Bertz CT molecular complexity index is 766. The van der Waals surface area contributed by atoms with Crippen LogP contribution in [0.25, 0.3) is 11.1 Å². The van der Waals surface area contributed by atoms with E-state index in [0.29, 0.717) is 11.5 Å². The van der Waals surface area contributed by atoms with Gasteiger partial charge in [0, 0.05) is 5.56 Å². The van der Waals surface area contributed by atoms with Gasteiger partial charge in [0.15, 0.2) is 11.6 Å². The summed E-state index contributed by atoms with van der Waals surface area (Å²) in [6.07, 6.45) is 7.59. The molecule has 0 atom stereocenters. The van der Waals surface area contributed by atoms with Gasteiger partial charge in [-0.1, -0.05) is 44.0 Å². The highest BCUT2D eigenvalue weighted by Gasteiger charge is 2.22. The van der Waals surface area contributed by atoms with Crippen molar-refractivity contribution >= 4 is 0 Å². The molecule has 130 valence electrons. The number of nitrogens with zero attached hydrogens (tertiary/aromatic N) is 1. The number of hydrogen-bond acceptors (Lipinski definition) is 1. The quantitative estimate of drug-likeness (QED) is 0.617. The molecule has 1 aliphatic carbocycles. The van der Waals surface area contributed by atoms with E-state index in [9.17, 15) is 8.78 Å². The van der Waals surface area contributed by atoms with E-state index in [1.165, 1.54) is 56.2 Å². The molecule has 1 fully saturated rings. The van der Waals surface area contributed by atoms with Gasteiger partial charge in [-0.3, -0.25) is 0 Å². The van der Waals surface area contributed by atoms with Crippen molar-refractivity contribution in [3.8, 4) is 17.2 Å². The Morgan fingerprint density at radius 2 is 1.64 bits per heavy atom. The highest BCUT2D eigenvalue weighted by atomic mass is 19.2. The van der Waals surface area contributed by atoms with Gasteiger partial charge in [-0.2, -0.15) is 5.26 Å². The normalized spacial score (nSPS) is 20.2. The van der Waals surface area contributed by atoms with Gasteiger partial charge in [0.25, 0.3) is 0 Å². The fourth-order valence-corrected chi connectivity index (χ4v) is 3.99. The van der Waals surface area contributed by atoms with Crippen LogP contribution in [0.2, 0.25) is 0 Å². The second kappa shape index (κ2) is 7.78. The predicted molar refractivity (Wildman–Crippen MR) is 96.1 cm³/mol. The summed E-state index contributed by atoms with van der Waals surface area (Å²) < 4.78 is 28.0. The zero-order chi connectivity index (χ0) is 17.8. The van der Waals surface area contributed by atoms with Crippen LogP contribution in [0.4, 0.5) is 8.78 Å². The standard InChI is InChI=1S/C22H23F2N/c1-2-3-15-4-6-16(7-5-15)17-8-10-18(11-9-17)20-13-12-19(14-25)21(23)22(20)24/h8-13,15-16H,2-7H2,1H3/t15-,16-. The maximum absolute atomic E-state index is 14.2. The molecule has 0 spiro atoms. The number of hydrogen-bond donors (Lipinski definition) is 0. The summed E-state index contributed by atoms with van der Waals surface area (Å²) in [6.45, 7) is 2.25. The van der Waals surface area contributed by atoms with E-state index in [0.717, 1.165) is 5.92 Å². The summed E-state index contributed by atoms with van der Waals surface area (Å²) in [6, 6.07) is 12.3. The third-order valence-electron chi connectivity index (χ3n) is 5.44. The zero-order valence-corrected chi connectivity index (χ0v) is 14.6. The van der Waals surface area contributed by atoms with Crippen LogP contribution in [0.3, 0.4) is 0 Å².